The minimum absolute atomic E-state index is 0.0503. The summed E-state index contributed by atoms with van der Waals surface area (Å²) in [4.78, 5) is 12.2. The van der Waals surface area contributed by atoms with Gasteiger partial charge in [0.1, 0.15) is 11.5 Å². The van der Waals surface area contributed by atoms with Crippen LogP contribution in [0.5, 0.6) is 11.5 Å². The van der Waals surface area contributed by atoms with Crippen LogP contribution in [-0.4, -0.2) is 19.5 Å². The van der Waals surface area contributed by atoms with E-state index in [4.69, 9.17) is 9.47 Å². The van der Waals surface area contributed by atoms with Crippen LogP contribution in [0.2, 0.25) is 0 Å². The molecule has 21 heavy (non-hydrogen) atoms. The molecule has 0 bridgehead atoms. The number of carbonyl (C=O) groups excluding carboxylic acids is 1. The molecule has 2 aromatic carbocycles. The predicted molar refractivity (Wildman–Crippen MR) is 83.0 cm³/mol. The van der Waals surface area contributed by atoms with Gasteiger partial charge in [0.05, 0.1) is 13.7 Å². The van der Waals surface area contributed by atoms with Gasteiger partial charge in [-0.15, -0.1) is 0 Å². The zero-order valence-corrected chi connectivity index (χ0v) is 12.4. The maximum Gasteiger partial charge on any atom is 0.165 e. The highest BCUT2D eigenvalue weighted by molar-refractivity contribution is 5.97. The largest absolute Gasteiger partial charge is 0.497 e. The summed E-state index contributed by atoms with van der Waals surface area (Å²) in [5, 5.41) is 0. The number of carbonyl (C=O) groups is 1. The second-order valence-corrected chi connectivity index (χ2v) is 4.94. The number of hydrogen-bond donors (Lipinski definition) is 0. The van der Waals surface area contributed by atoms with Crippen molar-refractivity contribution in [3.8, 4) is 11.5 Å². The minimum atomic E-state index is -0.0503. The van der Waals surface area contributed by atoms with Crippen molar-refractivity contribution in [2.45, 2.75) is 13.3 Å². The van der Waals surface area contributed by atoms with Crippen LogP contribution < -0.4 is 9.47 Å². The van der Waals surface area contributed by atoms with E-state index in [2.05, 4.69) is 0 Å². The molecule has 110 valence electrons. The summed E-state index contributed by atoms with van der Waals surface area (Å²) in [6, 6.07) is 16.8. The maximum atomic E-state index is 12.2. The quantitative estimate of drug-likeness (QED) is 0.721. The Morgan fingerprint density at radius 1 is 1.00 bits per heavy atom. The lowest BCUT2D eigenvalue weighted by atomic mass is 9.97. The van der Waals surface area contributed by atoms with Crippen molar-refractivity contribution in [1.82, 2.24) is 0 Å². The number of rotatable bonds is 7. The van der Waals surface area contributed by atoms with Gasteiger partial charge in [-0.1, -0.05) is 37.3 Å². The Hall–Kier alpha value is -2.29. The smallest absolute Gasteiger partial charge is 0.165 e. The Labute approximate surface area is 125 Å². The van der Waals surface area contributed by atoms with Gasteiger partial charge in [-0.25, -0.2) is 0 Å². The number of methoxy groups -OCH3 is 1. The van der Waals surface area contributed by atoms with Gasteiger partial charge >= 0.3 is 0 Å². The van der Waals surface area contributed by atoms with E-state index in [1.165, 1.54) is 0 Å². The average molecular weight is 284 g/mol. The first-order chi connectivity index (χ1) is 10.2. The Morgan fingerprint density at radius 2 is 1.62 bits per heavy atom. The molecule has 0 N–H and O–H groups in total. The van der Waals surface area contributed by atoms with Crippen molar-refractivity contribution in [3.63, 3.8) is 0 Å². The van der Waals surface area contributed by atoms with Crippen molar-refractivity contribution in [2.75, 3.05) is 13.7 Å². The molecule has 2 rings (SSSR count). The molecule has 0 aliphatic carbocycles. The lowest BCUT2D eigenvalue weighted by molar-refractivity contribution is 0.0912. The van der Waals surface area contributed by atoms with Gasteiger partial charge < -0.3 is 9.47 Å². The zero-order valence-electron chi connectivity index (χ0n) is 12.4. The molecule has 0 aliphatic heterocycles. The minimum Gasteiger partial charge on any atom is -0.497 e. The Kier molecular flexibility index (Phi) is 5.38. The molecule has 0 aromatic heterocycles. The third-order valence-corrected chi connectivity index (χ3v) is 3.38. The lowest BCUT2D eigenvalue weighted by Crippen LogP contribution is -2.14. The van der Waals surface area contributed by atoms with Crippen LogP contribution in [0.25, 0.3) is 0 Å². The molecule has 0 saturated carbocycles. The number of hydrogen-bond acceptors (Lipinski definition) is 3. The van der Waals surface area contributed by atoms with E-state index in [9.17, 15) is 4.79 Å². The molecule has 3 heteroatoms. The summed E-state index contributed by atoms with van der Waals surface area (Å²) in [6.07, 6.45) is 0.694. The molecule has 0 aliphatic rings. The van der Waals surface area contributed by atoms with E-state index in [0.29, 0.717) is 13.0 Å². The average Bonchev–Trinajstić information content (AvgIpc) is 2.55. The van der Waals surface area contributed by atoms with E-state index in [-0.39, 0.29) is 11.7 Å². The number of Topliss-reactive ketones (excluding diaryl/α,β-unsaturated/α-hetero) is 1. The molecule has 0 amide bonds. The fourth-order valence-electron chi connectivity index (χ4n) is 2.04. The van der Waals surface area contributed by atoms with Crippen molar-refractivity contribution in [1.29, 1.82) is 0 Å². The molecule has 1 unspecified atom stereocenters. The van der Waals surface area contributed by atoms with E-state index in [1.807, 2.05) is 61.5 Å². The van der Waals surface area contributed by atoms with Gasteiger partial charge in [0, 0.05) is 11.5 Å². The lowest BCUT2D eigenvalue weighted by Gasteiger charge is -2.12. The zero-order chi connectivity index (χ0) is 15.1. The van der Waals surface area contributed by atoms with Crippen LogP contribution in [0, 0.1) is 5.92 Å². The summed E-state index contributed by atoms with van der Waals surface area (Å²) < 4.78 is 10.7. The third-order valence-electron chi connectivity index (χ3n) is 3.38. The molecule has 2 aromatic rings. The highest BCUT2D eigenvalue weighted by Gasteiger charge is 2.14. The topological polar surface area (TPSA) is 35.5 Å². The highest BCUT2D eigenvalue weighted by Crippen LogP contribution is 2.18. The van der Waals surface area contributed by atoms with Gasteiger partial charge in [0.15, 0.2) is 5.78 Å². The molecule has 3 nitrogen and oxygen atoms in total. The first-order valence-corrected chi connectivity index (χ1v) is 7.07. The fourth-order valence-corrected chi connectivity index (χ4v) is 2.04. The molecule has 0 fully saturated rings. The van der Waals surface area contributed by atoms with Crippen molar-refractivity contribution in [2.24, 2.45) is 5.92 Å². The van der Waals surface area contributed by atoms with E-state index in [1.54, 1.807) is 7.11 Å². The highest BCUT2D eigenvalue weighted by atomic mass is 16.5. The van der Waals surface area contributed by atoms with Crippen LogP contribution in [0.4, 0.5) is 0 Å². The summed E-state index contributed by atoms with van der Waals surface area (Å²) in [5.41, 5.74) is 0.759. The second kappa shape index (κ2) is 7.48. The Balaban J connectivity index is 1.81. The van der Waals surface area contributed by atoms with Gasteiger partial charge in [-0.05, 0) is 30.7 Å². The standard InChI is InChI=1S/C18H20O3/c1-14(18(19)15-6-4-3-5-7-15)12-13-21-17-10-8-16(20-2)9-11-17/h3-11,14H,12-13H2,1-2H3. The first-order valence-electron chi connectivity index (χ1n) is 7.07. The van der Waals surface area contributed by atoms with Crippen molar-refractivity contribution in [3.05, 3.63) is 60.2 Å². The van der Waals surface area contributed by atoms with Gasteiger partial charge in [-0.3, -0.25) is 4.79 Å². The molecule has 0 radical (unpaired) electrons. The molecular formula is C18H20O3. The Morgan fingerprint density at radius 3 is 2.24 bits per heavy atom. The summed E-state index contributed by atoms with van der Waals surface area (Å²) >= 11 is 0. The SMILES string of the molecule is COc1ccc(OCCC(C)C(=O)c2ccccc2)cc1. The van der Waals surface area contributed by atoms with Gasteiger partial charge in [-0.2, -0.15) is 0 Å². The van der Waals surface area contributed by atoms with E-state index in [0.717, 1.165) is 17.1 Å². The predicted octanol–water partition coefficient (Wildman–Crippen LogP) is 3.98. The molecule has 0 heterocycles. The van der Waals surface area contributed by atoms with Gasteiger partial charge in [0.2, 0.25) is 0 Å². The van der Waals surface area contributed by atoms with E-state index >= 15 is 0 Å². The maximum absolute atomic E-state index is 12.2. The van der Waals surface area contributed by atoms with E-state index < -0.39 is 0 Å². The van der Waals surface area contributed by atoms with Gasteiger partial charge in [0.25, 0.3) is 0 Å². The first kappa shape index (κ1) is 15.1. The second-order valence-electron chi connectivity index (χ2n) is 4.94. The van der Waals surface area contributed by atoms with Crippen LogP contribution in [0.3, 0.4) is 0 Å². The van der Waals surface area contributed by atoms with Crippen molar-refractivity contribution >= 4 is 5.78 Å². The third kappa shape index (κ3) is 4.35. The summed E-state index contributed by atoms with van der Waals surface area (Å²) in [6.45, 7) is 2.46. The van der Waals surface area contributed by atoms with Crippen LogP contribution in [0.1, 0.15) is 23.7 Å². The van der Waals surface area contributed by atoms with Crippen molar-refractivity contribution < 1.29 is 14.3 Å². The van der Waals surface area contributed by atoms with Crippen LogP contribution >= 0.6 is 0 Å². The summed E-state index contributed by atoms with van der Waals surface area (Å²) in [7, 11) is 1.63. The summed E-state index contributed by atoms with van der Waals surface area (Å²) in [5.74, 6) is 1.70. The molecule has 0 saturated heterocycles. The number of ketones is 1. The monoisotopic (exact) mass is 284 g/mol. The molecule has 0 spiro atoms. The number of benzene rings is 2. The number of ether oxygens (including phenoxy) is 2. The molecule has 1 atom stereocenters. The Bertz CT molecular complexity index is 561. The van der Waals surface area contributed by atoms with Crippen LogP contribution in [-0.2, 0) is 0 Å². The fraction of sp³-hybridized carbons (Fsp3) is 0.278. The normalized spacial score (nSPS) is 11.7. The van der Waals surface area contributed by atoms with Crippen LogP contribution in [0.15, 0.2) is 54.6 Å². The molecular weight excluding hydrogens is 264 g/mol.